The average molecular weight is 389 g/mol. The van der Waals surface area contributed by atoms with Crippen LogP contribution in [0.25, 0.3) is 6.08 Å². The molecule has 7 nitrogen and oxygen atoms in total. The Kier molecular flexibility index (Phi) is 6.26. The number of hydrogen-bond acceptors (Lipinski definition) is 4. The zero-order valence-electron chi connectivity index (χ0n) is 15.0. The molecule has 1 aromatic carbocycles. The van der Waals surface area contributed by atoms with Gasteiger partial charge < -0.3 is 15.0 Å². The lowest BCUT2D eigenvalue weighted by Crippen LogP contribution is -2.41. The number of aromatic nitrogens is 2. The van der Waals surface area contributed by atoms with Gasteiger partial charge >= 0.3 is 0 Å². The largest absolute Gasteiger partial charge is 0.378 e. The van der Waals surface area contributed by atoms with Gasteiger partial charge in [0, 0.05) is 30.7 Å². The second kappa shape index (κ2) is 8.83. The zero-order chi connectivity index (χ0) is 19.2. The molecule has 0 radical (unpaired) electrons. The van der Waals surface area contributed by atoms with Crippen molar-refractivity contribution in [1.29, 1.82) is 0 Å². The molecule has 2 heterocycles. The van der Waals surface area contributed by atoms with E-state index in [1.165, 1.54) is 12.3 Å². The molecule has 27 heavy (non-hydrogen) atoms. The van der Waals surface area contributed by atoms with Crippen molar-refractivity contribution in [2.75, 3.05) is 31.6 Å². The molecule has 2 aromatic rings. The number of amides is 2. The number of halogens is 1. The molecule has 2 amide bonds. The molecule has 1 N–H and O–H groups in total. The van der Waals surface area contributed by atoms with Gasteiger partial charge in [-0.2, -0.15) is 5.10 Å². The van der Waals surface area contributed by atoms with E-state index in [0.717, 1.165) is 5.56 Å². The van der Waals surface area contributed by atoms with Gasteiger partial charge in [0.25, 0.3) is 5.91 Å². The molecule has 0 atom stereocenters. The number of ether oxygens (including phenoxy) is 1. The molecule has 8 heteroatoms. The molecule has 1 aliphatic heterocycles. The number of benzene rings is 1. The summed E-state index contributed by atoms with van der Waals surface area (Å²) in [6.45, 7) is 4.48. The van der Waals surface area contributed by atoms with E-state index >= 15 is 0 Å². The Hall–Kier alpha value is -2.64. The summed E-state index contributed by atoms with van der Waals surface area (Å²) >= 11 is 6.09. The van der Waals surface area contributed by atoms with E-state index in [4.69, 9.17) is 16.3 Å². The van der Waals surface area contributed by atoms with E-state index < -0.39 is 0 Å². The number of carbonyl (C=O) groups excluding carboxylic acids is 2. The molecule has 0 bridgehead atoms. The Bertz CT molecular complexity index is 856. The highest BCUT2D eigenvalue weighted by molar-refractivity contribution is 6.32. The topological polar surface area (TPSA) is 76.5 Å². The summed E-state index contributed by atoms with van der Waals surface area (Å²) in [6.07, 6.45) is 4.51. The summed E-state index contributed by atoms with van der Waals surface area (Å²) < 4.78 is 6.88. The normalized spacial score (nSPS) is 14.5. The van der Waals surface area contributed by atoms with Crippen molar-refractivity contribution in [3.63, 3.8) is 0 Å². The standard InChI is InChI=1S/C19H21ClN4O3/c1-2-24-18(19(26)23-9-11-27-12-10-23)16(13-21-24)22-17(25)8-7-14-5-3-4-6-15(14)20/h3-8,13H,2,9-12H2,1H3,(H,22,25)/b8-7+. The van der Waals surface area contributed by atoms with Crippen LogP contribution in [0, 0.1) is 0 Å². The van der Waals surface area contributed by atoms with Crippen LogP contribution in [0.2, 0.25) is 5.02 Å². The summed E-state index contributed by atoms with van der Waals surface area (Å²) in [6, 6.07) is 7.23. The third-order valence-electron chi connectivity index (χ3n) is 4.22. The second-order valence-electron chi connectivity index (χ2n) is 5.97. The van der Waals surface area contributed by atoms with Gasteiger partial charge in [-0.05, 0) is 24.6 Å². The fourth-order valence-electron chi connectivity index (χ4n) is 2.81. The molecular formula is C19H21ClN4O3. The SMILES string of the molecule is CCn1ncc(NC(=O)/C=C/c2ccccc2Cl)c1C(=O)N1CCOCC1. The fourth-order valence-corrected chi connectivity index (χ4v) is 3.01. The molecular weight excluding hydrogens is 368 g/mol. The Morgan fingerprint density at radius 2 is 2.04 bits per heavy atom. The van der Waals surface area contributed by atoms with E-state index in [0.29, 0.717) is 49.3 Å². The van der Waals surface area contributed by atoms with Crippen LogP contribution < -0.4 is 5.32 Å². The van der Waals surface area contributed by atoms with E-state index in [2.05, 4.69) is 10.4 Å². The van der Waals surface area contributed by atoms with Crippen molar-refractivity contribution >= 4 is 35.2 Å². The monoisotopic (exact) mass is 388 g/mol. The van der Waals surface area contributed by atoms with Gasteiger partial charge in [0.1, 0.15) is 5.69 Å². The number of nitrogens with one attached hydrogen (secondary N) is 1. The maximum absolute atomic E-state index is 12.9. The lowest BCUT2D eigenvalue weighted by Gasteiger charge is -2.27. The predicted molar refractivity (Wildman–Crippen MR) is 104 cm³/mol. The zero-order valence-corrected chi connectivity index (χ0v) is 15.8. The highest BCUT2D eigenvalue weighted by Gasteiger charge is 2.25. The van der Waals surface area contributed by atoms with Crippen molar-refractivity contribution in [2.45, 2.75) is 13.5 Å². The molecule has 0 spiro atoms. The molecule has 1 aliphatic rings. The van der Waals surface area contributed by atoms with Crippen LogP contribution in [0.5, 0.6) is 0 Å². The smallest absolute Gasteiger partial charge is 0.274 e. The molecule has 0 aliphatic carbocycles. The fraction of sp³-hybridized carbons (Fsp3) is 0.316. The highest BCUT2D eigenvalue weighted by Crippen LogP contribution is 2.19. The predicted octanol–water partition coefficient (Wildman–Crippen LogP) is 2.68. The van der Waals surface area contributed by atoms with Gasteiger partial charge in [-0.15, -0.1) is 0 Å². The van der Waals surface area contributed by atoms with E-state index in [1.807, 2.05) is 25.1 Å². The van der Waals surface area contributed by atoms with Crippen molar-refractivity contribution in [3.8, 4) is 0 Å². The second-order valence-corrected chi connectivity index (χ2v) is 6.38. The summed E-state index contributed by atoms with van der Waals surface area (Å²) in [5.74, 6) is -0.523. The molecule has 0 unspecified atom stereocenters. The van der Waals surface area contributed by atoms with Gasteiger partial charge in [0.15, 0.2) is 0 Å². The Labute approximate surface area is 162 Å². The third-order valence-corrected chi connectivity index (χ3v) is 4.56. The van der Waals surface area contributed by atoms with Crippen molar-refractivity contribution in [3.05, 3.63) is 52.8 Å². The number of nitrogens with zero attached hydrogens (tertiary/aromatic N) is 3. The minimum Gasteiger partial charge on any atom is -0.378 e. The molecule has 0 saturated carbocycles. The quantitative estimate of drug-likeness (QED) is 0.799. The summed E-state index contributed by atoms with van der Waals surface area (Å²) in [5, 5.41) is 7.52. The third kappa shape index (κ3) is 4.56. The first-order chi connectivity index (χ1) is 13.1. The number of morpholine rings is 1. The van der Waals surface area contributed by atoms with Crippen molar-refractivity contribution in [1.82, 2.24) is 14.7 Å². The van der Waals surface area contributed by atoms with E-state index in [9.17, 15) is 9.59 Å². The van der Waals surface area contributed by atoms with Gasteiger partial charge in [-0.25, -0.2) is 0 Å². The first-order valence-electron chi connectivity index (χ1n) is 8.76. The molecule has 1 aromatic heterocycles. The van der Waals surface area contributed by atoms with Gasteiger partial charge in [0.05, 0.1) is 25.1 Å². The number of carbonyl (C=O) groups is 2. The van der Waals surface area contributed by atoms with Crippen molar-refractivity contribution < 1.29 is 14.3 Å². The molecule has 3 rings (SSSR count). The van der Waals surface area contributed by atoms with Gasteiger partial charge in [0.2, 0.25) is 5.91 Å². The minimum absolute atomic E-state index is 0.164. The van der Waals surface area contributed by atoms with E-state index in [-0.39, 0.29) is 11.8 Å². The van der Waals surface area contributed by atoms with Crippen LogP contribution in [-0.2, 0) is 16.1 Å². The number of aryl methyl sites for hydroxylation is 1. The van der Waals surface area contributed by atoms with Crippen LogP contribution in [0.4, 0.5) is 5.69 Å². The number of rotatable bonds is 5. The maximum Gasteiger partial charge on any atom is 0.274 e. The summed E-state index contributed by atoms with van der Waals surface area (Å²) in [4.78, 5) is 26.9. The maximum atomic E-state index is 12.9. The van der Waals surface area contributed by atoms with Crippen LogP contribution in [0.1, 0.15) is 23.0 Å². The first kappa shape index (κ1) is 19.1. The van der Waals surface area contributed by atoms with Gasteiger partial charge in [-0.3, -0.25) is 14.3 Å². The lowest BCUT2D eigenvalue weighted by molar-refractivity contribution is -0.111. The van der Waals surface area contributed by atoms with E-state index in [1.54, 1.807) is 21.7 Å². The van der Waals surface area contributed by atoms with Crippen LogP contribution >= 0.6 is 11.6 Å². The molecule has 1 fully saturated rings. The Morgan fingerprint density at radius 1 is 1.30 bits per heavy atom. The van der Waals surface area contributed by atoms with Crippen LogP contribution in [0.15, 0.2) is 36.5 Å². The number of anilines is 1. The van der Waals surface area contributed by atoms with Crippen LogP contribution in [0.3, 0.4) is 0 Å². The molecule has 1 saturated heterocycles. The highest BCUT2D eigenvalue weighted by atomic mass is 35.5. The molecule has 142 valence electrons. The Morgan fingerprint density at radius 3 is 2.74 bits per heavy atom. The lowest BCUT2D eigenvalue weighted by atomic mass is 10.2. The van der Waals surface area contributed by atoms with Crippen molar-refractivity contribution in [2.24, 2.45) is 0 Å². The first-order valence-corrected chi connectivity index (χ1v) is 9.14. The minimum atomic E-state index is -0.360. The van der Waals surface area contributed by atoms with Crippen LogP contribution in [-0.4, -0.2) is 52.8 Å². The van der Waals surface area contributed by atoms with Gasteiger partial charge in [-0.1, -0.05) is 29.8 Å². The average Bonchev–Trinajstić information content (AvgIpc) is 3.10. The summed E-state index contributed by atoms with van der Waals surface area (Å²) in [5.41, 5.74) is 1.50. The number of hydrogen-bond donors (Lipinski definition) is 1. The Balaban J connectivity index is 1.76. The summed E-state index contributed by atoms with van der Waals surface area (Å²) in [7, 11) is 0.